The molecule has 0 saturated heterocycles. The van der Waals surface area contributed by atoms with E-state index in [9.17, 15) is 17.3 Å². The van der Waals surface area contributed by atoms with Gasteiger partial charge in [-0.2, -0.15) is 0 Å². The Morgan fingerprint density at radius 3 is 1.95 bits per heavy atom. The van der Waals surface area contributed by atoms with Crippen LogP contribution in [0.2, 0.25) is 0 Å². The van der Waals surface area contributed by atoms with Crippen LogP contribution in [-0.4, -0.2) is 63.8 Å². The average molecular weight is 328 g/mol. The average Bonchev–Trinajstić information content (AvgIpc) is 2.31. The van der Waals surface area contributed by atoms with Gasteiger partial charge >= 0.3 is 19.2 Å². The van der Waals surface area contributed by atoms with Crippen LogP contribution in [0.3, 0.4) is 0 Å². The summed E-state index contributed by atoms with van der Waals surface area (Å²) in [6, 6.07) is 0.505. The first kappa shape index (κ1) is 21.9. The van der Waals surface area contributed by atoms with Crippen molar-refractivity contribution in [1.82, 2.24) is 9.80 Å². The van der Waals surface area contributed by atoms with Gasteiger partial charge in [0.15, 0.2) is 5.87 Å². The van der Waals surface area contributed by atoms with Crippen LogP contribution in [0.1, 0.15) is 6.92 Å². The van der Waals surface area contributed by atoms with Crippen molar-refractivity contribution in [3.05, 3.63) is 5.95 Å². The fraction of sp³-hybridized carbons (Fsp3) is 0.600. The normalized spacial score (nSPS) is 9.09. The third-order valence-electron chi connectivity index (χ3n) is 1.44. The molecule has 0 aliphatic rings. The number of hydrogen-bond donors (Lipinski definition) is 0. The van der Waals surface area contributed by atoms with Crippen molar-refractivity contribution >= 4 is 19.2 Å². The Morgan fingerprint density at radius 1 is 1.18 bits per heavy atom. The van der Waals surface area contributed by atoms with Crippen LogP contribution < -0.4 is 0 Å². The number of ether oxygens (including phenoxy) is 2. The van der Waals surface area contributed by atoms with Gasteiger partial charge in [-0.1, -0.05) is 0 Å². The number of carbonyl (C=O) groups excluding carboxylic acids is 1. The second kappa shape index (κ2) is 11.3. The van der Waals surface area contributed by atoms with Crippen molar-refractivity contribution in [3.63, 3.8) is 0 Å². The number of hydrogen-bond acceptors (Lipinski definition) is 4. The van der Waals surface area contributed by atoms with Gasteiger partial charge in [0.2, 0.25) is 5.16 Å². The number of amides is 2. The summed E-state index contributed by atoms with van der Waals surface area (Å²) in [5.41, 5.74) is 0. The Morgan fingerprint density at radius 2 is 1.64 bits per heavy atom. The molecule has 0 rings (SSSR count). The summed E-state index contributed by atoms with van der Waals surface area (Å²) in [5.74, 6) is 2.21. The van der Waals surface area contributed by atoms with E-state index in [1.165, 1.54) is 6.26 Å². The quantitative estimate of drug-likeness (QED) is 0.151. The molecule has 7 nitrogen and oxygen atoms in total. The van der Waals surface area contributed by atoms with Gasteiger partial charge in [-0.25, -0.2) is 0 Å². The SMILES string of the molecule is CCOC(=C=N[O+]=C(N(C)C)N(C)C)OC#N.F[B-](F)(F)F. The van der Waals surface area contributed by atoms with Gasteiger partial charge in [0.1, 0.15) is 0 Å². The molecule has 126 valence electrons. The number of nitriles is 1. The minimum atomic E-state index is -6.00. The Labute approximate surface area is 125 Å². The molecule has 0 saturated carbocycles. The van der Waals surface area contributed by atoms with Crippen LogP contribution in [0.15, 0.2) is 11.1 Å². The smallest absolute Gasteiger partial charge is 0.457 e. The Hall–Kier alpha value is -2.41. The first-order valence-corrected chi connectivity index (χ1v) is 5.80. The third-order valence-corrected chi connectivity index (χ3v) is 1.44. The molecular formula is C10H17BF4N4O3. The number of rotatable bonds is 4. The zero-order chi connectivity index (χ0) is 17.8. The minimum Gasteiger partial charge on any atom is -0.457 e. The van der Waals surface area contributed by atoms with Crippen LogP contribution in [0.4, 0.5) is 21.8 Å². The van der Waals surface area contributed by atoms with Gasteiger partial charge in [-0.15, -0.1) is 5.26 Å². The topological polar surface area (TPSA) is 72.4 Å². The van der Waals surface area contributed by atoms with Crippen LogP contribution in [0.25, 0.3) is 0 Å². The fourth-order valence-corrected chi connectivity index (χ4v) is 0.921. The first-order valence-electron chi connectivity index (χ1n) is 5.80. The van der Waals surface area contributed by atoms with Gasteiger partial charge in [0.05, 0.1) is 6.61 Å². The second-order valence-corrected chi connectivity index (χ2v) is 3.77. The van der Waals surface area contributed by atoms with Gasteiger partial charge in [-0.05, 0) is 11.4 Å². The largest absolute Gasteiger partial charge is 0.673 e. The molecule has 0 unspecified atom stereocenters. The second-order valence-electron chi connectivity index (χ2n) is 3.77. The summed E-state index contributed by atoms with van der Waals surface area (Å²) in [5, 5.41) is 11.9. The van der Waals surface area contributed by atoms with E-state index < -0.39 is 7.25 Å². The van der Waals surface area contributed by atoms with E-state index in [0.29, 0.717) is 12.6 Å². The standard InChI is InChI=1S/C10H17N4O3.BF4/c1-6-15-9(16-8-11)7-12-17-10(13(2)3)14(4)5;2-1(3,4)5/h6H2,1-5H3;/q+1;-1. The van der Waals surface area contributed by atoms with Crippen molar-refractivity contribution in [2.45, 2.75) is 6.92 Å². The van der Waals surface area contributed by atoms with Gasteiger partial charge in [0.25, 0.3) is 6.26 Å². The highest BCUT2D eigenvalue weighted by Gasteiger charge is 2.20. The summed E-state index contributed by atoms with van der Waals surface area (Å²) >= 11 is 0. The molecule has 2 amide bonds. The molecule has 0 spiro atoms. The minimum absolute atomic E-state index is 0.133. The highest BCUT2D eigenvalue weighted by molar-refractivity contribution is 6.50. The number of halogens is 4. The monoisotopic (exact) mass is 328 g/mol. The summed E-state index contributed by atoms with van der Waals surface area (Å²) in [7, 11) is 1.24. The van der Waals surface area contributed by atoms with E-state index in [0.717, 1.165) is 0 Å². The summed E-state index contributed by atoms with van der Waals surface area (Å²) in [6.45, 7) is 2.10. The molecule has 0 aromatic rings. The lowest BCUT2D eigenvalue weighted by Gasteiger charge is -2.09. The van der Waals surface area contributed by atoms with Gasteiger partial charge in [-0.3, -0.25) is 9.80 Å². The predicted octanol–water partition coefficient (Wildman–Crippen LogP) is 2.03. The lowest BCUT2D eigenvalue weighted by Crippen LogP contribution is -2.34. The van der Waals surface area contributed by atoms with Crippen molar-refractivity contribution in [2.24, 2.45) is 5.16 Å². The van der Waals surface area contributed by atoms with E-state index in [4.69, 9.17) is 14.5 Å². The first-order chi connectivity index (χ1) is 10.0. The lowest BCUT2D eigenvalue weighted by atomic mass is 10.3. The predicted molar refractivity (Wildman–Crippen MR) is 72.2 cm³/mol. The molecule has 0 atom stereocenters. The number of urea groups is 1. The summed E-state index contributed by atoms with van der Waals surface area (Å²) in [6.07, 6.45) is 1.47. The maximum absolute atomic E-state index is 9.75. The molecule has 0 bridgehead atoms. The fourth-order valence-electron chi connectivity index (χ4n) is 0.921. The molecule has 22 heavy (non-hydrogen) atoms. The van der Waals surface area contributed by atoms with E-state index in [1.807, 2.05) is 28.2 Å². The molecule has 0 fully saturated rings. The van der Waals surface area contributed by atoms with Crippen LogP contribution in [-0.2, 0) is 9.47 Å². The summed E-state index contributed by atoms with van der Waals surface area (Å²) < 4.78 is 53.5. The molecule has 0 N–H and O–H groups in total. The maximum atomic E-state index is 9.75. The molecule has 12 heteroatoms. The Balaban J connectivity index is 0. The highest BCUT2D eigenvalue weighted by atomic mass is 19.5. The zero-order valence-corrected chi connectivity index (χ0v) is 12.8. The highest BCUT2D eigenvalue weighted by Crippen LogP contribution is 2.06. The molecule has 0 heterocycles. The molecule has 0 aliphatic carbocycles. The van der Waals surface area contributed by atoms with Gasteiger partial charge < -0.3 is 26.7 Å². The van der Waals surface area contributed by atoms with Crippen molar-refractivity contribution in [3.8, 4) is 6.26 Å². The van der Waals surface area contributed by atoms with E-state index in [2.05, 4.69) is 15.8 Å². The zero-order valence-electron chi connectivity index (χ0n) is 12.8. The van der Waals surface area contributed by atoms with Crippen LogP contribution >= 0.6 is 0 Å². The molecule has 0 aromatic heterocycles. The van der Waals surface area contributed by atoms with E-state index in [-0.39, 0.29) is 5.95 Å². The Kier molecular flexibility index (Phi) is 11.2. The molecule has 0 aliphatic heterocycles. The van der Waals surface area contributed by atoms with E-state index in [1.54, 1.807) is 16.7 Å². The molecule has 0 aromatic carbocycles. The van der Waals surface area contributed by atoms with Crippen molar-refractivity contribution < 1.29 is 31.3 Å². The van der Waals surface area contributed by atoms with Crippen molar-refractivity contribution in [2.75, 3.05) is 34.8 Å². The molecule has 0 radical (unpaired) electrons. The third kappa shape index (κ3) is 15.7. The Bertz CT molecular complexity index is 438. The maximum Gasteiger partial charge on any atom is 0.673 e. The van der Waals surface area contributed by atoms with Crippen molar-refractivity contribution in [1.29, 1.82) is 5.26 Å². The van der Waals surface area contributed by atoms with Gasteiger partial charge in [0, 0.05) is 28.2 Å². The number of nitrogens with zero attached hydrogens (tertiary/aromatic N) is 4. The molecular weight excluding hydrogens is 311 g/mol. The van der Waals surface area contributed by atoms with Crippen LogP contribution in [0.5, 0.6) is 0 Å². The summed E-state index contributed by atoms with van der Waals surface area (Å²) in [4.78, 5) is 3.47. The lowest BCUT2D eigenvalue weighted by molar-refractivity contribution is -0.152. The van der Waals surface area contributed by atoms with E-state index >= 15 is 0 Å². The van der Waals surface area contributed by atoms with Crippen LogP contribution in [0, 0.1) is 11.5 Å².